The van der Waals surface area contributed by atoms with Crippen molar-refractivity contribution in [3.05, 3.63) is 23.3 Å². The Hall–Kier alpha value is -1.46. The lowest BCUT2D eigenvalue weighted by Crippen LogP contribution is -2.01. The van der Waals surface area contributed by atoms with Gasteiger partial charge in [0.1, 0.15) is 6.10 Å². The molecule has 0 fully saturated rings. The number of fused-ring (bicyclic) bond motifs is 1. The average molecular weight is 239 g/mol. The number of nitrogens with zero attached hydrogens (tertiary/aromatic N) is 1. The van der Waals surface area contributed by atoms with Gasteiger partial charge in [-0.3, -0.25) is 4.57 Å². The Kier molecular flexibility index (Phi) is 3.40. The Bertz CT molecular complexity index is 436. The molecular weight excluding hydrogens is 222 g/mol. The maximum Gasteiger partial charge on any atom is 0.200 e. The fourth-order valence-electron chi connectivity index (χ4n) is 2.13. The first-order chi connectivity index (χ1) is 8.20. The van der Waals surface area contributed by atoms with Crippen molar-refractivity contribution in [3.8, 4) is 11.8 Å². The SMILES string of the molecule is CC=CC1OCc2c1c(O)n(CCCO)c2O. The number of rotatable bonds is 4. The molecule has 1 aliphatic heterocycles. The Morgan fingerprint density at radius 1 is 1.41 bits per heavy atom. The van der Waals surface area contributed by atoms with E-state index in [1.54, 1.807) is 0 Å². The van der Waals surface area contributed by atoms with Crippen molar-refractivity contribution in [2.45, 2.75) is 32.6 Å². The van der Waals surface area contributed by atoms with Gasteiger partial charge in [-0.2, -0.15) is 0 Å². The van der Waals surface area contributed by atoms with Crippen molar-refractivity contribution in [2.75, 3.05) is 6.61 Å². The summed E-state index contributed by atoms with van der Waals surface area (Å²) in [5.41, 5.74) is 1.28. The number of aliphatic hydroxyl groups excluding tert-OH is 1. The molecule has 0 aliphatic carbocycles. The molecule has 94 valence electrons. The summed E-state index contributed by atoms with van der Waals surface area (Å²) in [7, 11) is 0. The van der Waals surface area contributed by atoms with Crippen molar-refractivity contribution in [2.24, 2.45) is 0 Å². The van der Waals surface area contributed by atoms with Crippen LogP contribution in [0.3, 0.4) is 0 Å². The van der Waals surface area contributed by atoms with Crippen LogP contribution in [0.1, 0.15) is 30.6 Å². The van der Waals surface area contributed by atoms with Gasteiger partial charge in [0, 0.05) is 18.7 Å². The highest BCUT2D eigenvalue weighted by Gasteiger charge is 2.32. The summed E-state index contributed by atoms with van der Waals surface area (Å²) in [6, 6.07) is 0. The van der Waals surface area contributed by atoms with Gasteiger partial charge in [-0.25, -0.2) is 0 Å². The van der Waals surface area contributed by atoms with Crippen LogP contribution in [0.4, 0.5) is 0 Å². The highest BCUT2D eigenvalue weighted by Crippen LogP contribution is 2.45. The summed E-state index contributed by atoms with van der Waals surface area (Å²) < 4.78 is 6.87. The lowest BCUT2D eigenvalue weighted by Gasteiger charge is -2.09. The quantitative estimate of drug-likeness (QED) is 0.695. The molecule has 1 aliphatic rings. The van der Waals surface area contributed by atoms with Crippen molar-refractivity contribution >= 4 is 0 Å². The molecule has 5 nitrogen and oxygen atoms in total. The van der Waals surface area contributed by atoms with E-state index in [2.05, 4.69) is 0 Å². The molecule has 0 radical (unpaired) electrons. The maximum absolute atomic E-state index is 10.1. The third-order valence-electron chi connectivity index (χ3n) is 2.95. The Labute approximate surface area is 99.6 Å². The van der Waals surface area contributed by atoms with Gasteiger partial charge in [0.15, 0.2) is 5.88 Å². The largest absolute Gasteiger partial charge is 0.494 e. The molecule has 0 bridgehead atoms. The van der Waals surface area contributed by atoms with Crippen molar-refractivity contribution in [1.29, 1.82) is 0 Å². The van der Waals surface area contributed by atoms with Gasteiger partial charge in [0.25, 0.3) is 0 Å². The van der Waals surface area contributed by atoms with Gasteiger partial charge in [-0.05, 0) is 13.3 Å². The molecule has 17 heavy (non-hydrogen) atoms. The molecule has 2 heterocycles. The molecule has 3 N–H and O–H groups in total. The zero-order valence-electron chi connectivity index (χ0n) is 9.76. The lowest BCUT2D eigenvalue weighted by molar-refractivity contribution is 0.0946. The fraction of sp³-hybridized carbons (Fsp3) is 0.500. The molecule has 0 spiro atoms. The van der Waals surface area contributed by atoms with Crippen LogP contribution < -0.4 is 0 Å². The van der Waals surface area contributed by atoms with Crippen LogP contribution in [0, 0.1) is 0 Å². The average Bonchev–Trinajstić information content (AvgIpc) is 2.81. The highest BCUT2D eigenvalue weighted by atomic mass is 16.5. The number of ether oxygens (including phenoxy) is 1. The van der Waals surface area contributed by atoms with Gasteiger partial charge in [0.2, 0.25) is 5.88 Å². The van der Waals surface area contributed by atoms with E-state index in [4.69, 9.17) is 9.84 Å². The first-order valence-corrected chi connectivity index (χ1v) is 5.69. The first-order valence-electron chi connectivity index (χ1n) is 5.69. The van der Waals surface area contributed by atoms with Gasteiger partial charge < -0.3 is 20.1 Å². The minimum atomic E-state index is -0.295. The molecule has 2 rings (SSSR count). The topological polar surface area (TPSA) is 74.9 Å². The number of allylic oxidation sites excluding steroid dienone is 1. The smallest absolute Gasteiger partial charge is 0.200 e. The van der Waals surface area contributed by atoms with E-state index in [-0.39, 0.29) is 24.5 Å². The monoisotopic (exact) mass is 239 g/mol. The lowest BCUT2D eigenvalue weighted by atomic mass is 10.1. The number of hydrogen-bond donors (Lipinski definition) is 3. The second kappa shape index (κ2) is 4.81. The maximum atomic E-state index is 10.1. The molecule has 0 saturated heterocycles. The van der Waals surface area contributed by atoms with E-state index in [1.807, 2.05) is 19.1 Å². The molecule has 0 aromatic carbocycles. The van der Waals surface area contributed by atoms with Gasteiger partial charge in [-0.1, -0.05) is 12.2 Å². The second-order valence-electron chi connectivity index (χ2n) is 4.03. The van der Waals surface area contributed by atoms with Crippen LogP contribution in [0.15, 0.2) is 12.2 Å². The Balaban J connectivity index is 2.37. The van der Waals surface area contributed by atoms with Gasteiger partial charge in [-0.15, -0.1) is 0 Å². The zero-order chi connectivity index (χ0) is 12.4. The minimum absolute atomic E-state index is 0.0243. The van der Waals surface area contributed by atoms with E-state index in [0.29, 0.717) is 30.7 Å². The molecule has 1 aromatic rings. The Morgan fingerprint density at radius 2 is 2.18 bits per heavy atom. The normalized spacial score (nSPS) is 19.1. The number of aliphatic hydroxyl groups is 1. The van der Waals surface area contributed by atoms with E-state index in [0.717, 1.165) is 0 Å². The molecule has 1 unspecified atom stereocenters. The second-order valence-corrected chi connectivity index (χ2v) is 4.03. The Morgan fingerprint density at radius 3 is 2.82 bits per heavy atom. The van der Waals surface area contributed by atoms with Gasteiger partial charge in [0.05, 0.1) is 12.2 Å². The van der Waals surface area contributed by atoms with Crippen molar-refractivity contribution < 1.29 is 20.1 Å². The van der Waals surface area contributed by atoms with E-state index < -0.39 is 0 Å². The summed E-state index contributed by atoms with van der Waals surface area (Å²) in [6.07, 6.45) is 3.88. The van der Waals surface area contributed by atoms with Crippen LogP contribution in [0.5, 0.6) is 11.8 Å². The minimum Gasteiger partial charge on any atom is -0.494 e. The van der Waals surface area contributed by atoms with E-state index >= 15 is 0 Å². The molecular formula is C12H17NO4. The van der Waals surface area contributed by atoms with E-state index in [1.165, 1.54) is 4.57 Å². The van der Waals surface area contributed by atoms with E-state index in [9.17, 15) is 10.2 Å². The van der Waals surface area contributed by atoms with Crippen LogP contribution in [-0.4, -0.2) is 26.5 Å². The molecule has 1 atom stereocenters. The molecule has 5 heteroatoms. The predicted molar refractivity (Wildman–Crippen MR) is 61.8 cm³/mol. The number of aromatic nitrogens is 1. The van der Waals surface area contributed by atoms with Crippen LogP contribution >= 0.6 is 0 Å². The zero-order valence-corrected chi connectivity index (χ0v) is 9.76. The molecule has 1 aromatic heterocycles. The van der Waals surface area contributed by atoms with Gasteiger partial charge >= 0.3 is 0 Å². The van der Waals surface area contributed by atoms with Crippen LogP contribution in [0.2, 0.25) is 0 Å². The summed E-state index contributed by atoms with van der Waals surface area (Å²) >= 11 is 0. The summed E-state index contributed by atoms with van der Waals surface area (Å²) in [4.78, 5) is 0. The molecule has 0 saturated carbocycles. The first kappa shape index (κ1) is 12.0. The molecule has 0 amide bonds. The summed E-state index contributed by atoms with van der Waals surface area (Å²) in [5, 5.41) is 28.8. The van der Waals surface area contributed by atoms with Crippen molar-refractivity contribution in [1.82, 2.24) is 4.57 Å². The number of hydrogen-bond acceptors (Lipinski definition) is 4. The highest BCUT2D eigenvalue weighted by molar-refractivity contribution is 5.49. The third kappa shape index (κ3) is 1.92. The number of aromatic hydroxyl groups is 2. The summed E-state index contributed by atoms with van der Waals surface area (Å²) in [6.45, 7) is 2.59. The van der Waals surface area contributed by atoms with Crippen molar-refractivity contribution in [3.63, 3.8) is 0 Å². The predicted octanol–water partition coefficient (Wildman–Crippen LogP) is 1.43. The van der Waals surface area contributed by atoms with Crippen LogP contribution in [-0.2, 0) is 17.9 Å². The fourth-order valence-corrected chi connectivity index (χ4v) is 2.13. The standard InChI is InChI=1S/C12H17NO4/c1-2-4-9-10-8(7-17-9)11(15)13(12(10)16)5-3-6-14/h2,4,9,14-16H,3,5-7H2,1H3. The summed E-state index contributed by atoms with van der Waals surface area (Å²) in [5.74, 6) is 0.0736. The van der Waals surface area contributed by atoms with Crippen LogP contribution in [0.25, 0.3) is 0 Å². The third-order valence-corrected chi connectivity index (χ3v) is 2.95.